The lowest BCUT2D eigenvalue weighted by molar-refractivity contribution is -0.130. The molecule has 0 bridgehead atoms. The number of carbonyl (C=O) groups is 1. The molecule has 4 aromatic rings. The maximum atomic E-state index is 13.2. The first-order valence-electron chi connectivity index (χ1n) is 9.85. The number of halogens is 1. The van der Waals surface area contributed by atoms with Crippen LogP contribution in [-0.2, 0) is 11.8 Å². The molecule has 32 heavy (non-hydrogen) atoms. The van der Waals surface area contributed by atoms with E-state index in [0.29, 0.717) is 33.9 Å². The number of furan rings is 2. The Labute approximate surface area is 192 Å². The molecule has 1 unspecified atom stereocenters. The van der Waals surface area contributed by atoms with E-state index in [-0.39, 0.29) is 17.7 Å². The van der Waals surface area contributed by atoms with Crippen LogP contribution >= 0.6 is 23.4 Å². The number of aromatic nitrogens is 3. The van der Waals surface area contributed by atoms with Gasteiger partial charge in [0.05, 0.1) is 24.0 Å². The van der Waals surface area contributed by atoms with Gasteiger partial charge in [0, 0.05) is 18.5 Å². The average Bonchev–Trinajstić information content (AvgIpc) is 3.59. The zero-order chi connectivity index (χ0) is 22.1. The predicted octanol–water partition coefficient (Wildman–Crippen LogP) is 4.79. The first-order valence-corrected chi connectivity index (χ1v) is 11.2. The van der Waals surface area contributed by atoms with E-state index in [2.05, 4.69) is 15.3 Å². The van der Waals surface area contributed by atoms with Crippen molar-refractivity contribution < 1.29 is 13.6 Å². The van der Waals surface area contributed by atoms with Crippen LogP contribution in [0.4, 0.5) is 0 Å². The summed E-state index contributed by atoms with van der Waals surface area (Å²) in [6.45, 7) is 0. The quantitative estimate of drug-likeness (QED) is 0.379. The smallest absolute Gasteiger partial charge is 0.253 e. The summed E-state index contributed by atoms with van der Waals surface area (Å²) in [7, 11) is 1.84. The molecule has 0 saturated carbocycles. The van der Waals surface area contributed by atoms with E-state index >= 15 is 0 Å². The molecule has 0 aliphatic carbocycles. The van der Waals surface area contributed by atoms with Gasteiger partial charge in [0.2, 0.25) is 0 Å². The highest BCUT2D eigenvalue weighted by Gasteiger charge is 2.35. The maximum absolute atomic E-state index is 13.2. The molecule has 162 valence electrons. The number of benzene rings is 1. The maximum Gasteiger partial charge on any atom is 0.253 e. The van der Waals surface area contributed by atoms with Gasteiger partial charge in [0.1, 0.15) is 11.8 Å². The molecular formula is C22H18ClN5O3S. The minimum atomic E-state index is -0.304. The van der Waals surface area contributed by atoms with Gasteiger partial charge in [-0.25, -0.2) is 5.01 Å². The molecule has 3 aromatic heterocycles. The molecule has 0 N–H and O–H groups in total. The third kappa shape index (κ3) is 3.96. The Bertz CT molecular complexity index is 1250. The number of hydrazone groups is 1. The van der Waals surface area contributed by atoms with Crippen LogP contribution in [0, 0.1) is 0 Å². The summed E-state index contributed by atoms with van der Waals surface area (Å²) in [5.41, 5.74) is 1.73. The van der Waals surface area contributed by atoms with Gasteiger partial charge in [-0.05, 0) is 42.0 Å². The molecule has 8 nitrogen and oxygen atoms in total. The normalized spacial score (nSPS) is 15.9. The fourth-order valence-electron chi connectivity index (χ4n) is 3.51. The predicted molar refractivity (Wildman–Crippen MR) is 120 cm³/mol. The third-order valence-electron chi connectivity index (χ3n) is 5.12. The van der Waals surface area contributed by atoms with Crippen LogP contribution in [0.15, 0.2) is 80.1 Å². The fraction of sp³-hybridized carbons (Fsp3) is 0.182. The summed E-state index contributed by atoms with van der Waals surface area (Å²) in [6, 6.07) is 14.4. The molecule has 1 aliphatic heterocycles. The summed E-state index contributed by atoms with van der Waals surface area (Å²) in [5, 5.41) is 15.7. The van der Waals surface area contributed by atoms with Crippen molar-refractivity contribution in [2.45, 2.75) is 17.6 Å². The highest BCUT2D eigenvalue weighted by Crippen LogP contribution is 2.34. The van der Waals surface area contributed by atoms with Crippen molar-refractivity contribution in [3.05, 3.63) is 77.4 Å². The molecule has 10 heteroatoms. The average molecular weight is 468 g/mol. The lowest BCUT2D eigenvalue weighted by Crippen LogP contribution is -2.28. The first kappa shape index (κ1) is 20.6. The number of amides is 1. The van der Waals surface area contributed by atoms with Gasteiger partial charge in [-0.1, -0.05) is 35.5 Å². The summed E-state index contributed by atoms with van der Waals surface area (Å²) >= 11 is 7.31. The molecule has 1 amide bonds. The Balaban J connectivity index is 1.35. The number of thioether (sulfide) groups is 1. The summed E-state index contributed by atoms with van der Waals surface area (Å²) in [5.74, 6) is 1.91. The van der Waals surface area contributed by atoms with Crippen LogP contribution in [0.2, 0.25) is 5.02 Å². The summed E-state index contributed by atoms with van der Waals surface area (Å²) < 4.78 is 12.8. The Hall–Kier alpha value is -3.30. The van der Waals surface area contributed by atoms with E-state index in [1.54, 1.807) is 23.2 Å². The monoisotopic (exact) mass is 467 g/mol. The molecule has 5 rings (SSSR count). The van der Waals surface area contributed by atoms with Crippen LogP contribution in [-0.4, -0.2) is 37.1 Å². The largest absolute Gasteiger partial charge is 0.467 e. The number of carbonyl (C=O) groups excluding carboxylic acids is 1. The topological polar surface area (TPSA) is 89.7 Å². The molecule has 0 radical (unpaired) electrons. The van der Waals surface area contributed by atoms with Crippen molar-refractivity contribution in [3.63, 3.8) is 0 Å². The molecule has 0 saturated heterocycles. The van der Waals surface area contributed by atoms with Gasteiger partial charge >= 0.3 is 0 Å². The van der Waals surface area contributed by atoms with Gasteiger partial charge in [-0.15, -0.1) is 10.2 Å². The third-order valence-corrected chi connectivity index (χ3v) is 6.37. The van der Waals surface area contributed by atoms with Crippen LogP contribution in [0.3, 0.4) is 0 Å². The van der Waals surface area contributed by atoms with E-state index in [4.69, 9.17) is 20.4 Å². The van der Waals surface area contributed by atoms with E-state index in [0.717, 1.165) is 11.3 Å². The van der Waals surface area contributed by atoms with Crippen molar-refractivity contribution >= 4 is 35.0 Å². The van der Waals surface area contributed by atoms with Gasteiger partial charge in [-0.2, -0.15) is 5.10 Å². The van der Waals surface area contributed by atoms with Gasteiger partial charge in [-0.3, -0.25) is 4.79 Å². The minimum absolute atomic E-state index is 0.150. The van der Waals surface area contributed by atoms with E-state index < -0.39 is 0 Å². The molecule has 1 aromatic carbocycles. The Morgan fingerprint density at radius 1 is 1.12 bits per heavy atom. The number of nitrogens with zero attached hydrogens (tertiary/aromatic N) is 5. The van der Waals surface area contributed by atoms with Crippen molar-refractivity contribution in [2.75, 3.05) is 5.75 Å². The van der Waals surface area contributed by atoms with Crippen LogP contribution in [0.25, 0.3) is 11.6 Å². The minimum Gasteiger partial charge on any atom is -0.467 e. The van der Waals surface area contributed by atoms with E-state index in [1.165, 1.54) is 16.8 Å². The van der Waals surface area contributed by atoms with Crippen LogP contribution in [0.5, 0.6) is 0 Å². The molecule has 1 aliphatic rings. The zero-order valence-corrected chi connectivity index (χ0v) is 18.6. The number of hydrogen-bond donors (Lipinski definition) is 0. The molecule has 0 spiro atoms. The second-order valence-corrected chi connectivity index (χ2v) is 8.54. The van der Waals surface area contributed by atoms with Gasteiger partial charge in [0.25, 0.3) is 5.91 Å². The van der Waals surface area contributed by atoms with E-state index in [9.17, 15) is 4.79 Å². The summed E-state index contributed by atoms with van der Waals surface area (Å²) in [4.78, 5) is 13.2. The van der Waals surface area contributed by atoms with Crippen molar-refractivity contribution in [1.82, 2.24) is 19.8 Å². The highest BCUT2D eigenvalue weighted by atomic mass is 35.5. The fourth-order valence-corrected chi connectivity index (χ4v) is 4.40. The standard InChI is InChI=1S/C22H18ClN5O3S/c1-27-21(19-5-3-11-31-19)24-25-22(27)32-13-20(29)28-17(18-4-2-10-30-18)12-16(26-28)14-6-8-15(23)9-7-14/h2-11,17H,12-13H2,1H3. The zero-order valence-electron chi connectivity index (χ0n) is 17.0. The Morgan fingerprint density at radius 3 is 2.62 bits per heavy atom. The molecule has 4 heterocycles. The molecule has 1 atom stereocenters. The highest BCUT2D eigenvalue weighted by molar-refractivity contribution is 7.99. The second-order valence-electron chi connectivity index (χ2n) is 7.16. The number of rotatable bonds is 6. The van der Waals surface area contributed by atoms with Crippen LogP contribution in [0.1, 0.15) is 23.8 Å². The Morgan fingerprint density at radius 2 is 1.91 bits per heavy atom. The van der Waals surface area contributed by atoms with E-state index in [1.807, 2.05) is 49.5 Å². The number of hydrogen-bond acceptors (Lipinski definition) is 7. The lowest BCUT2D eigenvalue weighted by Gasteiger charge is -2.19. The molecule has 0 fully saturated rings. The first-order chi connectivity index (χ1) is 15.6. The van der Waals surface area contributed by atoms with Crippen molar-refractivity contribution in [3.8, 4) is 11.6 Å². The molecular weight excluding hydrogens is 450 g/mol. The van der Waals surface area contributed by atoms with Crippen LogP contribution < -0.4 is 0 Å². The SMILES string of the molecule is Cn1c(SCC(=O)N2N=C(c3ccc(Cl)cc3)CC2c2ccco2)nnc1-c1ccco1. The van der Waals surface area contributed by atoms with Crippen molar-refractivity contribution in [2.24, 2.45) is 12.1 Å². The lowest BCUT2D eigenvalue weighted by atomic mass is 10.0. The summed E-state index contributed by atoms with van der Waals surface area (Å²) in [6.07, 6.45) is 3.74. The second kappa shape index (κ2) is 8.68. The van der Waals surface area contributed by atoms with Crippen molar-refractivity contribution in [1.29, 1.82) is 0 Å². The Kier molecular flexibility index (Phi) is 5.59. The van der Waals surface area contributed by atoms with Gasteiger partial charge in [0.15, 0.2) is 16.7 Å². The van der Waals surface area contributed by atoms with Gasteiger partial charge < -0.3 is 13.4 Å².